The van der Waals surface area contributed by atoms with Crippen molar-refractivity contribution in [3.05, 3.63) is 66.3 Å². The molecular weight excluding hydrogens is 244 g/mol. The summed E-state index contributed by atoms with van der Waals surface area (Å²) in [5.41, 5.74) is 2.22. The van der Waals surface area contributed by atoms with Crippen LogP contribution in [0.15, 0.2) is 44.0 Å². The predicted molar refractivity (Wildman–Crippen MR) is 80.2 cm³/mol. The molecular formula is C15H15ClN2. The summed E-state index contributed by atoms with van der Waals surface area (Å²) >= 11 is 6.16. The van der Waals surface area contributed by atoms with Crippen LogP contribution in [0, 0.1) is 0 Å². The van der Waals surface area contributed by atoms with Gasteiger partial charge in [-0.25, -0.2) is 9.97 Å². The second kappa shape index (κ2) is 6.72. The van der Waals surface area contributed by atoms with Crippen molar-refractivity contribution in [1.82, 2.24) is 9.97 Å². The van der Waals surface area contributed by atoms with Gasteiger partial charge in [-0.2, -0.15) is 0 Å². The number of nitrogens with zero attached hydrogens (tertiary/aromatic N) is 2. The maximum Gasteiger partial charge on any atom is 0.161 e. The molecule has 0 spiro atoms. The van der Waals surface area contributed by atoms with Crippen LogP contribution in [0.2, 0.25) is 5.15 Å². The fraction of sp³-hybridized carbons (Fsp3) is 0.0667. The predicted octanol–water partition coefficient (Wildman–Crippen LogP) is 4.56. The lowest BCUT2D eigenvalue weighted by Crippen LogP contribution is -1.99. The molecule has 0 N–H and O–H groups in total. The molecule has 0 unspecified atom stereocenters. The number of allylic oxidation sites excluding steroid dienone is 5. The Balaban J connectivity index is 3.47. The summed E-state index contributed by atoms with van der Waals surface area (Å²) in [6.07, 6.45) is 10.5. The molecule has 18 heavy (non-hydrogen) atoms. The summed E-state index contributed by atoms with van der Waals surface area (Å²) in [5.74, 6) is 0.512. The monoisotopic (exact) mass is 258 g/mol. The third-order valence-corrected chi connectivity index (χ3v) is 2.52. The van der Waals surface area contributed by atoms with Crippen molar-refractivity contribution in [3.63, 3.8) is 0 Å². The Morgan fingerprint density at radius 3 is 2.44 bits per heavy atom. The molecule has 0 fully saturated rings. The summed E-state index contributed by atoms with van der Waals surface area (Å²) in [5, 5.41) is 0.393. The summed E-state index contributed by atoms with van der Waals surface area (Å²) in [7, 11) is 0. The Morgan fingerprint density at radius 2 is 1.94 bits per heavy atom. The number of hydrogen-bond donors (Lipinski definition) is 0. The molecule has 0 bridgehead atoms. The van der Waals surface area contributed by atoms with E-state index in [4.69, 9.17) is 11.6 Å². The molecule has 0 saturated carbocycles. The van der Waals surface area contributed by atoms with Crippen LogP contribution in [-0.4, -0.2) is 9.97 Å². The Kier molecular flexibility index (Phi) is 5.28. The minimum atomic E-state index is 0.393. The van der Waals surface area contributed by atoms with E-state index in [0.29, 0.717) is 16.7 Å². The van der Waals surface area contributed by atoms with Crippen LogP contribution in [0.4, 0.5) is 0 Å². The van der Waals surface area contributed by atoms with Crippen molar-refractivity contribution >= 4 is 29.3 Å². The van der Waals surface area contributed by atoms with Crippen molar-refractivity contribution < 1.29 is 0 Å². The SMILES string of the molecule is C=C/C=C(\C=C)c1nc(Cl)c(/C=C\C)c(C=C)n1. The van der Waals surface area contributed by atoms with Gasteiger partial charge in [0.15, 0.2) is 5.82 Å². The summed E-state index contributed by atoms with van der Waals surface area (Å²) in [6, 6.07) is 0. The fourth-order valence-electron chi connectivity index (χ4n) is 1.42. The van der Waals surface area contributed by atoms with Crippen LogP contribution >= 0.6 is 11.6 Å². The Bertz CT molecular complexity index is 540. The number of hydrogen-bond acceptors (Lipinski definition) is 2. The molecule has 0 atom stereocenters. The van der Waals surface area contributed by atoms with E-state index in [0.717, 1.165) is 11.1 Å². The van der Waals surface area contributed by atoms with E-state index in [9.17, 15) is 0 Å². The molecule has 3 heteroatoms. The molecule has 0 aromatic carbocycles. The molecule has 92 valence electrons. The van der Waals surface area contributed by atoms with Gasteiger partial charge in [0.05, 0.1) is 5.69 Å². The lowest BCUT2D eigenvalue weighted by atomic mass is 10.1. The second-order valence-electron chi connectivity index (χ2n) is 3.40. The zero-order valence-electron chi connectivity index (χ0n) is 10.4. The normalized spacial score (nSPS) is 11.6. The number of halogens is 1. The van der Waals surface area contributed by atoms with Gasteiger partial charge in [0, 0.05) is 11.1 Å². The Labute approximate surface area is 113 Å². The zero-order valence-corrected chi connectivity index (χ0v) is 11.1. The molecule has 1 aromatic rings. The zero-order chi connectivity index (χ0) is 13.5. The van der Waals surface area contributed by atoms with Crippen LogP contribution in [-0.2, 0) is 0 Å². The van der Waals surface area contributed by atoms with Crippen molar-refractivity contribution in [3.8, 4) is 0 Å². The second-order valence-corrected chi connectivity index (χ2v) is 3.76. The maximum absolute atomic E-state index is 6.16. The molecule has 0 aliphatic carbocycles. The van der Waals surface area contributed by atoms with E-state index in [2.05, 4.69) is 29.7 Å². The molecule has 1 rings (SSSR count). The van der Waals surface area contributed by atoms with E-state index in [1.54, 1.807) is 24.3 Å². The molecule has 0 radical (unpaired) electrons. The van der Waals surface area contributed by atoms with Gasteiger partial charge < -0.3 is 0 Å². The molecule has 0 saturated heterocycles. The van der Waals surface area contributed by atoms with Crippen LogP contribution in [0.5, 0.6) is 0 Å². The van der Waals surface area contributed by atoms with E-state index >= 15 is 0 Å². The third kappa shape index (κ3) is 3.05. The van der Waals surface area contributed by atoms with Crippen molar-refractivity contribution in [2.75, 3.05) is 0 Å². The van der Waals surface area contributed by atoms with Gasteiger partial charge in [-0.1, -0.05) is 61.7 Å². The Hall–Kier alpha value is -1.93. The highest BCUT2D eigenvalue weighted by Gasteiger charge is 2.10. The Morgan fingerprint density at radius 1 is 1.22 bits per heavy atom. The minimum Gasteiger partial charge on any atom is -0.228 e. The topological polar surface area (TPSA) is 25.8 Å². The van der Waals surface area contributed by atoms with Gasteiger partial charge >= 0.3 is 0 Å². The average molecular weight is 259 g/mol. The smallest absolute Gasteiger partial charge is 0.161 e. The van der Waals surface area contributed by atoms with Crippen molar-refractivity contribution in [2.45, 2.75) is 6.92 Å². The fourth-order valence-corrected chi connectivity index (χ4v) is 1.66. The van der Waals surface area contributed by atoms with E-state index in [-0.39, 0.29) is 0 Å². The van der Waals surface area contributed by atoms with Crippen molar-refractivity contribution in [2.24, 2.45) is 0 Å². The van der Waals surface area contributed by atoms with E-state index < -0.39 is 0 Å². The minimum absolute atomic E-state index is 0.393. The van der Waals surface area contributed by atoms with Gasteiger partial charge in [0.25, 0.3) is 0 Å². The largest absolute Gasteiger partial charge is 0.228 e. The van der Waals surface area contributed by atoms with Crippen LogP contribution in [0.3, 0.4) is 0 Å². The van der Waals surface area contributed by atoms with E-state index in [1.165, 1.54) is 0 Å². The maximum atomic E-state index is 6.16. The van der Waals surface area contributed by atoms with Gasteiger partial charge in [-0.05, 0) is 13.0 Å². The van der Waals surface area contributed by atoms with Crippen molar-refractivity contribution in [1.29, 1.82) is 0 Å². The van der Waals surface area contributed by atoms with Gasteiger partial charge in [-0.15, -0.1) is 0 Å². The molecule has 1 heterocycles. The van der Waals surface area contributed by atoms with Crippen LogP contribution in [0.1, 0.15) is 24.0 Å². The lowest BCUT2D eigenvalue weighted by molar-refractivity contribution is 1.10. The number of rotatable bonds is 5. The first kappa shape index (κ1) is 14.1. The highest BCUT2D eigenvalue weighted by atomic mass is 35.5. The first-order valence-electron chi connectivity index (χ1n) is 5.46. The van der Waals surface area contributed by atoms with Crippen LogP contribution < -0.4 is 0 Å². The van der Waals surface area contributed by atoms with Gasteiger partial charge in [0.2, 0.25) is 0 Å². The van der Waals surface area contributed by atoms with E-state index in [1.807, 2.05) is 19.1 Å². The summed E-state index contributed by atoms with van der Waals surface area (Å²) in [4.78, 5) is 8.67. The summed E-state index contributed by atoms with van der Waals surface area (Å²) < 4.78 is 0. The molecule has 1 aromatic heterocycles. The first-order chi connectivity index (χ1) is 8.67. The molecule has 0 aliphatic rings. The molecule has 2 nitrogen and oxygen atoms in total. The molecule has 0 aliphatic heterocycles. The molecule has 0 amide bonds. The quantitative estimate of drug-likeness (QED) is 0.571. The third-order valence-electron chi connectivity index (χ3n) is 2.23. The highest BCUT2D eigenvalue weighted by Crippen LogP contribution is 2.22. The van der Waals surface area contributed by atoms with Crippen LogP contribution in [0.25, 0.3) is 17.7 Å². The first-order valence-corrected chi connectivity index (χ1v) is 5.83. The van der Waals surface area contributed by atoms with Gasteiger partial charge in [-0.3, -0.25) is 0 Å². The standard InChI is InChI=1S/C15H15ClN2/c1-5-9-11(7-3)15-17-13(8-4)12(10-6-2)14(16)18-15/h5-10H,1,3-4H2,2H3/b10-6-,11-9+. The summed E-state index contributed by atoms with van der Waals surface area (Å²) in [6.45, 7) is 13.0. The van der Waals surface area contributed by atoms with Gasteiger partial charge in [0.1, 0.15) is 5.15 Å². The average Bonchev–Trinajstić information content (AvgIpc) is 2.38. The number of aromatic nitrogens is 2. The highest BCUT2D eigenvalue weighted by molar-refractivity contribution is 6.31. The lowest BCUT2D eigenvalue weighted by Gasteiger charge is -2.07.